The summed E-state index contributed by atoms with van der Waals surface area (Å²) in [6.07, 6.45) is 3.58. The standard InChI is InChI=1S/C5H10N6/c1-5(11-10-4-7)2-8-9-3-6/h2-4H,1H3,(H2,6,9)(H2,7,10)/b8-2+,11-5+. The van der Waals surface area contributed by atoms with Gasteiger partial charge in [-0.2, -0.15) is 10.2 Å². The van der Waals surface area contributed by atoms with Crippen molar-refractivity contribution in [1.82, 2.24) is 0 Å². The van der Waals surface area contributed by atoms with E-state index in [1.54, 1.807) is 6.92 Å². The van der Waals surface area contributed by atoms with Gasteiger partial charge < -0.3 is 11.5 Å². The highest BCUT2D eigenvalue weighted by molar-refractivity contribution is 6.29. The molecule has 60 valence electrons. The molecule has 0 aromatic carbocycles. The van der Waals surface area contributed by atoms with E-state index in [9.17, 15) is 0 Å². The van der Waals surface area contributed by atoms with Crippen LogP contribution in [0.25, 0.3) is 0 Å². The summed E-state index contributed by atoms with van der Waals surface area (Å²) in [7, 11) is 0. The van der Waals surface area contributed by atoms with E-state index in [1.165, 1.54) is 6.21 Å². The lowest BCUT2D eigenvalue weighted by Gasteiger charge is -1.81. The quantitative estimate of drug-likeness (QED) is 0.319. The van der Waals surface area contributed by atoms with Gasteiger partial charge in [0.1, 0.15) is 12.7 Å². The average molecular weight is 154 g/mol. The molecule has 0 aliphatic carbocycles. The second-order valence-corrected chi connectivity index (χ2v) is 1.52. The number of nitrogens with zero attached hydrogens (tertiary/aromatic N) is 4. The predicted molar refractivity (Wildman–Crippen MR) is 47.0 cm³/mol. The molecule has 0 atom stereocenters. The van der Waals surface area contributed by atoms with Gasteiger partial charge in [0.05, 0.1) is 11.9 Å². The average Bonchev–Trinajstić information content (AvgIpc) is 2.01. The first-order valence-corrected chi connectivity index (χ1v) is 2.85. The van der Waals surface area contributed by atoms with Gasteiger partial charge in [0.15, 0.2) is 0 Å². The summed E-state index contributed by atoms with van der Waals surface area (Å²) < 4.78 is 0. The fourth-order valence-electron chi connectivity index (χ4n) is 0.306. The first-order chi connectivity index (χ1) is 5.31. The van der Waals surface area contributed by atoms with Crippen molar-refractivity contribution in [2.45, 2.75) is 6.92 Å². The molecule has 0 aliphatic heterocycles. The van der Waals surface area contributed by atoms with Gasteiger partial charge in [0.2, 0.25) is 0 Å². The number of nitrogens with two attached hydrogens (primary N) is 2. The minimum Gasteiger partial charge on any atom is -0.388 e. The van der Waals surface area contributed by atoms with Gasteiger partial charge >= 0.3 is 0 Å². The van der Waals surface area contributed by atoms with Gasteiger partial charge in [-0.3, -0.25) is 0 Å². The summed E-state index contributed by atoms with van der Waals surface area (Å²) in [5.41, 5.74) is 10.5. The molecule has 0 amide bonds. The molecule has 0 bridgehead atoms. The van der Waals surface area contributed by atoms with Crippen LogP contribution in [-0.4, -0.2) is 24.6 Å². The summed E-state index contributed by atoms with van der Waals surface area (Å²) >= 11 is 0. The maximum atomic E-state index is 4.94. The van der Waals surface area contributed by atoms with Gasteiger partial charge in [-0.15, -0.1) is 10.2 Å². The fourth-order valence-corrected chi connectivity index (χ4v) is 0.306. The Bertz CT molecular complexity index is 201. The third-order valence-corrected chi connectivity index (χ3v) is 0.660. The van der Waals surface area contributed by atoms with Crippen LogP contribution in [0.3, 0.4) is 0 Å². The molecule has 0 saturated heterocycles. The molecule has 11 heavy (non-hydrogen) atoms. The third-order valence-electron chi connectivity index (χ3n) is 0.660. The topological polar surface area (TPSA) is 101 Å². The lowest BCUT2D eigenvalue weighted by atomic mass is 10.5. The minimum atomic E-state index is 0.595. The zero-order valence-corrected chi connectivity index (χ0v) is 6.18. The van der Waals surface area contributed by atoms with Crippen LogP contribution in [0.1, 0.15) is 6.92 Å². The summed E-state index contributed by atoms with van der Waals surface area (Å²) in [6, 6.07) is 0. The molecule has 0 heterocycles. The van der Waals surface area contributed by atoms with Crippen molar-refractivity contribution >= 4 is 24.6 Å². The fraction of sp³-hybridized carbons (Fsp3) is 0.200. The normalized spacial score (nSPS) is 14.1. The Kier molecular flexibility index (Phi) is 5.40. The van der Waals surface area contributed by atoms with Crippen LogP contribution in [0.5, 0.6) is 0 Å². The lowest BCUT2D eigenvalue weighted by Crippen LogP contribution is -1.93. The molecular formula is C5H10N6. The van der Waals surface area contributed by atoms with Crippen molar-refractivity contribution in [3.63, 3.8) is 0 Å². The molecule has 0 saturated carbocycles. The highest BCUT2D eigenvalue weighted by atomic mass is 15.2. The van der Waals surface area contributed by atoms with E-state index in [4.69, 9.17) is 11.5 Å². The molecule has 0 unspecified atom stereocenters. The Morgan fingerprint density at radius 1 is 1.09 bits per heavy atom. The van der Waals surface area contributed by atoms with Crippen LogP contribution >= 0.6 is 0 Å². The SMILES string of the molecule is CC(/C=N/N=C/N)=N\N=C\N. The highest BCUT2D eigenvalue weighted by Gasteiger charge is 1.79. The van der Waals surface area contributed by atoms with E-state index in [2.05, 4.69) is 20.4 Å². The van der Waals surface area contributed by atoms with Crippen molar-refractivity contribution in [3.05, 3.63) is 0 Å². The van der Waals surface area contributed by atoms with Gasteiger partial charge in [-0.05, 0) is 6.92 Å². The Labute approximate surface area is 64.4 Å². The van der Waals surface area contributed by atoms with Crippen molar-refractivity contribution in [2.75, 3.05) is 0 Å². The van der Waals surface area contributed by atoms with E-state index >= 15 is 0 Å². The summed E-state index contributed by atoms with van der Waals surface area (Å²) in [5, 5.41) is 13.9. The van der Waals surface area contributed by atoms with Crippen LogP contribution < -0.4 is 11.5 Å². The molecule has 4 N–H and O–H groups in total. The minimum absolute atomic E-state index is 0.595. The molecule has 0 fully saturated rings. The molecule has 0 aromatic heterocycles. The molecule has 0 spiro atoms. The largest absolute Gasteiger partial charge is 0.388 e. The molecular weight excluding hydrogens is 144 g/mol. The third kappa shape index (κ3) is 6.16. The van der Waals surface area contributed by atoms with E-state index in [0.717, 1.165) is 12.7 Å². The van der Waals surface area contributed by atoms with E-state index in [0.29, 0.717) is 5.71 Å². The van der Waals surface area contributed by atoms with Gasteiger partial charge in [0, 0.05) is 0 Å². The van der Waals surface area contributed by atoms with E-state index in [1.807, 2.05) is 0 Å². The number of hydrogen-bond donors (Lipinski definition) is 2. The number of hydrogen-bond acceptors (Lipinski definition) is 4. The zero-order chi connectivity index (χ0) is 8.53. The lowest BCUT2D eigenvalue weighted by molar-refractivity contribution is 1.23. The molecule has 6 nitrogen and oxygen atoms in total. The molecule has 0 rings (SSSR count). The maximum Gasteiger partial charge on any atom is 0.108 e. The summed E-state index contributed by atoms with van der Waals surface area (Å²) in [5.74, 6) is 0. The number of rotatable bonds is 3. The van der Waals surface area contributed by atoms with E-state index < -0.39 is 0 Å². The van der Waals surface area contributed by atoms with Crippen molar-refractivity contribution in [3.8, 4) is 0 Å². The monoisotopic (exact) mass is 154 g/mol. The Morgan fingerprint density at radius 3 is 2.27 bits per heavy atom. The second kappa shape index (κ2) is 6.40. The van der Waals surface area contributed by atoms with Crippen LogP contribution in [0.15, 0.2) is 20.4 Å². The van der Waals surface area contributed by atoms with E-state index in [-0.39, 0.29) is 0 Å². The van der Waals surface area contributed by atoms with Gasteiger partial charge in [-0.25, -0.2) is 0 Å². The van der Waals surface area contributed by atoms with Crippen molar-refractivity contribution in [2.24, 2.45) is 31.9 Å². The Morgan fingerprint density at radius 2 is 1.73 bits per heavy atom. The summed E-state index contributed by atoms with van der Waals surface area (Å²) in [4.78, 5) is 0. The second-order valence-electron chi connectivity index (χ2n) is 1.52. The first kappa shape index (κ1) is 9.28. The van der Waals surface area contributed by atoms with Crippen molar-refractivity contribution in [1.29, 1.82) is 0 Å². The van der Waals surface area contributed by atoms with Crippen LogP contribution in [0.4, 0.5) is 0 Å². The highest BCUT2D eigenvalue weighted by Crippen LogP contribution is 1.75. The van der Waals surface area contributed by atoms with Crippen LogP contribution in [0.2, 0.25) is 0 Å². The molecule has 6 heteroatoms. The first-order valence-electron chi connectivity index (χ1n) is 2.85. The Hall–Kier alpha value is -1.72. The molecule has 0 radical (unpaired) electrons. The maximum absolute atomic E-state index is 4.94. The summed E-state index contributed by atoms with van der Waals surface area (Å²) in [6.45, 7) is 1.71. The van der Waals surface area contributed by atoms with Gasteiger partial charge in [-0.1, -0.05) is 0 Å². The van der Waals surface area contributed by atoms with Gasteiger partial charge in [0.25, 0.3) is 0 Å². The zero-order valence-electron chi connectivity index (χ0n) is 6.18. The molecule has 0 aromatic rings. The van der Waals surface area contributed by atoms with Crippen LogP contribution in [-0.2, 0) is 0 Å². The van der Waals surface area contributed by atoms with Crippen molar-refractivity contribution < 1.29 is 0 Å². The predicted octanol–water partition coefficient (Wildman–Crippen LogP) is -0.678. The Balaban J connectivity index is 3.94. The smallest absolute Gasteiger partial charge is 0.108 e. The molecule has 0 aliphatic rings. The van der Waals surface area contributed by atoms with Crippen LogP contribution in [0, 0.1) is 0 Å².